The lowest BCUT2D eigenvalue weighted by atomic mass is 10.1. The fourth-order valence-corrected chi connectivity index (χ4v) is 4.60. The molecule has 0 radical (unpaired) electrons. The molecule has 0 saturated heterocycles. The number of rotatable bonds is 6. The Kier molecular flexibility index (Phi) is 5.04. The second-order valence-corrected chi connectivity index (χ2v) is 7.85. The van der Waals surface area contributed by atoms with Gasteiger partial charge in [-0.3, -0.25) is 9.69 Å². The van der Waals surface area contributed by atoms with Crippen LogP contribution in [0.25, 0.3) is 10.9 Å². The Morgan fingerprint density at radius 1 is 1.38 bits per heavy atom. The molecule has 1 aromatic carbocycles. The highest BCUT2D eigenvalue weighted by Crippen LogP contribution is 2.28. The van der Waals surface area contributed by atoms with Crippen molar-refractivity contribution < 1.29 is 4.79 Å². The molecule has 5 nitrogen and oxygen atoms in total. The summed E-state index contributed by atoms with van der Waals surface area (Å²) in [6.45, 7) is 5.26. The van der Waals surface area contributed by atoms with Crippen LogP contribution in [0.2, 0.25) is 0 Å². The predicted molar refractivity (Wildman–Crippen MR) is 107 cm³/mol. The van der Waals surface area contributed by atoms with Gasteiger partial charge in [0.2, 0.25) is 5.91 Å². The number of thiazole rings is 1. The molecule has 0 saturated carbocycles. The minimum absolute atomic E-state index is 0.0586. The highest BCUT2D eigenvalue weighted by Gasteiger charge is 2.20. The van der Waals surface area contributed by atoms with Crippen LogP contribution in [0.15, 0.2) is 30.5 Å². The Hall–Kier alpha value is -2.18. The average molecular weight is 369 g/mol. The van der Waals surface area contributed by atoms with Gasteiger partial charge in [0.25, 0.3) is 0 Å². The summed E-state index contributed by atoms with van der Waals surface area (Å²) in [5.41, 5.74) is 3.59. The van der Waals surface area contributed by atoms with Gasteiger partial charge in [-0.25, -0.2) is 4.98 Å². The zero-order valence-electron chi connectivity index (χ0n) is 15.0. The number of anilines is 1. The van der Waals surface area contributed by atoms with Gasteiger partial charge in [0.15, 0.2) is 5.13 Å². The zero-order valence-corrected chi connectivity index (χ0v) is 15.9. The van der Waals surface area contributed by atoms with E-state index in [4.69, 9.17) is 0 Å². The molecule has 1 aliphatic heterocycles. The molecule has 2 aromatic heterocycles. The van der Waals surface area contributed by atoms with Crippen molar-refractivity contribution in [2.75, 3.05) is 18.4 Å². The summed E-state index contributed by atoms with van der Waals surface area (Å²) in [6, 6.07) is 8.29. The number of fused-ring (bicyclic) bond motifs is 2. The lowest BCUT2D eigenvalue weighted by Gasteiger charge is -2.23. The number of likely N-dealkylation sites (N-methyl/N-ethyl adjacent to an activating group) is 1. The summed E-state index contributed by atoms with van der Waals surface area (Å²) < 4.78 is 0. The maximum Gasteiger partial charge on any atom is 0.226 e. The number of hydrogen-bond donors (Lipinski definition) is 2. The van der Waals surface area contributed by atoms with E-state index in [9.17, 15) is 4.79 Å². The van der Waals surface area contributed by atoms with Crippen LogP contribution in [0.5, 0.6) is 0 Å². The second kappa shape index (κ2) is 7.60. The number of carbonyl (C=O) groups excluding carboxylic acids is 1. The summed E-state index contributed by atoms with van der Waals surface area (Å²) in [5, 5.41) is 5.00. The molecule has 3 heterocycles. The molecular weight excluding hydrogens is 344 g/mol. The smallest absolute Gasteiger partial charge is 0.226 e. The van der Waals surface area contributed by atoms with E-state index in [-0.39, 0.29) is 5.91 Å². The number of aromatic amines is 1. The van der Waals surface area contributed by atoms with E-state index in [1.165, 1.54) is 15.8 Å². The summed E-state index contributed by atoms with van der Waals surface area (Å²) in [5.74, 6) is 0.0586. The van der Waals surface area contributed by atoms with Gasteiger partial charge in [-0.2, -0.15) is 0 Å². The van der Waals surface area contributed by atoms with Crippen molar-refractivity contribution in [3.05, 3.63) is 46.6 Å². The molecule has 1 aliphatic rings. The first-order chi connectivity index (χ1) is 12.7. The van der Waals surface area contributed by atoms with Gasteiger partial charge in [0.05, 0.1) is 5.69 Å². The van der Waals surface area contributed by atoms with Crippen molar-refractivity contribution in [1.29, 1.82) is 0 Å². The molecule has 0 bridgehead atoms. The average Bonchev–Trinajstić information content (AvgIpc) is 3.24. The number of benzene rings is 1. The van der Waals surface area contributed by atoms with Gasteiger partial charge in [0.1, 0.15) is 0 Å². The first-order valence-electron chi connectivity index (χ1n) is 9.28. The molecule has 0 atom stereocenters. The fraction of sp³-hybridized carbons (Fsp3) is 0.400. The molecule has 4 rings (SSSR count). The van der Waals surface area contributed by atoms with Gasteiger partial charge in [-0.15, -0.1) is 11.3 Å². The normalized spacial score (nSPS) is 14.5. The standard InChI is InChI=1S/C20H24N4OS/c1-2-24-11-10-17-18(13-24)26-20(22-17)23-19(25)9-5-6-14-12-21-16-8-4-3-7-15(14)16/h3-4,7-8,12,21H,2,5-6,9-11,13H2,1H3,(H,22,23,25). The molecule has 6 heteroatoms. The number of nitrogens with zero attached hydrogens (tertiary/aromatic N) is 2. The van der Waals surface area contributed by atoms with Gasteiger partial charge >= 0.3 is 0 Å². The van der Waals surface area contributed by atoms with Crippen molar-refractivity contribution in [3.8, 4) is 0 Å². The molecule has 2 N–H and O–H groups in total. The van der Waals surface area contributed by atoms with Crippen LogP contribution >= 0.6 is 11.3 Å². The summed E-state index contributed by atoms with van der Waals surface area (Å²) in [4.78, 5) is 23.9. The number of aromatic nitrogens is 2. The first-order valence-corrected chi connectivity index (χ1v) is 10.1. The zero-order chi connectivity index (χ0) is 17.9. The van der Waals surface area contributed by atoms with Crippen LogP contribution in [0.1, 0.15) is 35.9 Å². The van der Waals surface area contributed by atoms with Gasteiger partial charge in [0, 0.05) is 47.9 Å². The highest BCUT2D eigenvalue weighted by molar-refractivity contribution is 7.15. The number of H-pyrrole nitrogens is 1. The highest BCUT2D eigenvalue weighted by atomic mass is 32.1. The first kappa shape index (κ1) is 17.2. The molecule has 1 amide bonds. The van der Waals surface area contributed by atoms with Crippen molar-refractivity contribution >= 4 is 33.3 Å². The number of carbonyl (C=O) groups is 1. The molecular formula is C20H24N4OS. The third-order valence-electron chi connectivity index (χ3n) is 5.03. The molecule has 26 heavy (non-hydrogen) atoms. The van der Waals surface area contributed by atoms with Crippen molar-refractivity contribution in [1.82, 2.24) is 14.9 Å². The molecule has 136 valence electrons. The molecule has 3 aromatic rings. The number of aryl methyl sites for hydroxylation is 1. The number of nitrogens with one attached hydrogen (secondary N) is 2. The molecule has 0 spiro atoms. The largest absolute Gasteiger partial charge is 0.361 e. The van der Waals surface area contributed by atoms with Crippen LogP contribution in [0.4, 0.5) is 5.13 Å². The molecule has 0 unspecified atom stereocenters. The predicted octanol–water partition coefficient (Wildman–Crippen LogP) is 3.96. The maximum absolute atomic E-state index is 12.3. The Morgan fingerprint density at radius 2 is 2.27 bits per heavy atom. The van der Waals surface area contributed by atoms with Crippen molar-refractivity contribution in [3.63, 3.8) is 0 Å². The van der Waals surface area contributed by atoms with Crippen molar-refractivity contribution in [2.45, 2.75) is 39.2 Å². The minimum atomic E-state index is 0.0586. The van der Waals surface area contributed by atoms with Gasteiger partial charge < -0.3 is 10.3 Å². The van der Waals surface area contributed by atoms with Crippen LogP contribution in [0.3, 0.4) is 0 Å². The maximum atomic E-state index is 12.3. The van der Waals surface area contributed by atoms with Gasteiger partial charge in [-0.1, -0.05) is 25.1 Å². The van der Waals surface area contributed by atoms with E-state index in [2.05, 4.69) is 51.5 Å². The fourth-order valence-electron chi connectivity index (χ4n) is 3.53. The third-order valence-corrected chi connectivity index (χ3v) is 6.03. The quantitative estimate of drug-likeness (QED) is 0.692. The SMILES string of the molecule is CCN1CCc2nc(NC(=O)CCCc3c[nH]c4ccccc34)sc2C1. The summed E-state index contributed by atoms with van der Waals surface area (Å²) in [7, 11) is 0. The third kappa shape index (κ3) is 3.66. The van der Waals surface area contributed by atoms with E-state index in [1.54, 1.807) is 11.3 Å². The topological polar surface area (TPSA) is 61.0 Å². The van der Waals surface area contributed by atoms with Crippen molar-refractivity contribution in [2.24, 2.45) is 0 Å². The monoisotopic (exact) mass is 368 g/mol. The summed E-state index contributed by atoms with van der Waals surface area (Å²) in [6.07, 6.45) is 5.29. The van der Waals surface area contributed by atoms with E-state index in [1.807, 2.05) is 6.07 Å². The second-order valence-electron chi connectivity index (χ2n) is 6.77. The van der Waals surface area contributed by atoms with E-state index >= 15 is 0 Å². The number of para-hydroxylation sites is 1. The number of hydrogen-bond acceptors (Lipinski definition) is 4. The van der Waals surface area contributed by atoms with E-state index in [0.717, 1.165) is 55.2 Å². The Bertz CT molecular complexity index is 914. The van der Waals surface area contributed by atoms with Crippen LogP contribution < -0.4 is 5.32 Å². The lowest BCUT2D eigenvalue weighted by molar-refractivity contribution is -0.116. The Morgan fingerprint density at radius 3 is 3.15 bits per heavy atom. The van der Waals surface area contributed by atoms with Gasteiger partial charge in [-0.05, 0) is 31.0 Å². The molecule has 0 aliphatic carbocycles. The summed E-state index contributed by atoms with van der Waals surface area (Å²) >= 11 is 1.63. The number of amides is 1. The lowest BCUT2D eigenvalue weighted by Crippen LogP contribution is -2.29. The van der Waals surface area contributed by atoms with Crippen LogP contribution in [-0.2, 0) is 24.2 Å². The minimum Gasteiger partial charge on any atom is -0.361 e. The van der Waals surface area contributed by atoms with E-state index in [0.29, 0.717) is 6.42 Å². The van der Waals surface area contributed by atoms with E-state index < -0.39 is 0 Å². The van der Waals surface area contributed by atoms with Crippen LogP contribution in [-0.4, -0.2) is 33.9 Å². The molecule has 0 fully saturated rings. The Labute approximate surface area is 157 Å². The van der Waals surface area contributed by atoms with Crippen LogP contribution in [0, 0.1) is 0 Å². The Balaban J connectivity index is 1.30.